The second kappa shape index (κ2) is 13.1. The normalized spacial score (nSPS) is 11.6. The molecule has 0 N–H and O–H groups in total. The predicted molar refractivity (Wildman–Crippen MR) is 231 cm³/mol. The second-order valence-electron chi connectivity index (χ2n) is 14.2. The molecule has 4 nitrogen and oxygen atoms in total. The lowest BCUT2D eigenvalue weighted by molar-refractivity contribution is 0.667. The Hall–Kier alpha value is -7.56. The number of nitrogens with zero attached hydrogens (tertiary/aromatic N) is 3. The highest BCUT2D eigenvalue weighted by molar-refractivity contribution is 6.10. The maximum Gasteiger partial charge on any atom is 0.180 e. The van der Waals surface area contributed by atoms with Crippen LogP contribution in [0.15, 0.2) is 205 Å². The molecule has 0 aliphatic heterocycles. The molecule has 4 heteroatoms. The fourth-order valence-corrected chi connectivity index (χ4v) is 8.12. The van der Waals surface area contributed by atoms with E-state index in [-0.39, 0.29) is 0 Å². The molecule has 0 atom stereocenters. The number of benzene rings is 8. The molecule has 11 aromatic rings. The average molecular weight is 716 g/mol. The molecule has 0 aliphatic rings. The van der Waals surface area contributed by atoms with Crippen LogP contribution in [0.25, 0.3) is 106 Å². The van der Waals surface area contributed by atoms with Gasteiger partial charge in [-0.05, 0) is 81.9 Å². The zero-order valence-corrected chi connectivity index (χ0v) is 30.3. The molecule has 56 heavy (non-hydrogen) atoms. The molecule has 0 unspecified atom stereocenters. The van der Waals surface area contributed by atoms with Gasteiger partial charge in [0.1, 0.15) is 16.8 Å². The topological polar surface area (TPSA) is 43.9 Å². The fourth-order valence-electron chi connectivity index (χ4n) is 8.12. The summed E-state index contributed by atoms with van der Waals surface area (Å²) < 4.78 is 9.01. The molecule has 8 aromatic carbocycles. The molecular formula is C52H33N3O. The van der Waals surface area contributed by atoms with Crippen LogP contribution in [-0.2, 0) is 0 Å². The Morgan fingerprint density at radius 3 is 1.57 bits per heavy atom. The van der Waals surface area contributed by atoms with Gasteiger partial charge in [-0.1, -0.05) is 152 Å². The third-order valence-electron chi connectivity index (χ3n) is 10.8. The van der Waals surface area contributed by atoms with Gasteiger partial charge in [-0.2, -0.15) is 0 Å². The standard InChI is InChI=1S/C52H33N3O/c1-3-14-34(15-4-1)36-18-12-22-41(31-36)49-51-50(54-52(53-49)35-16-5-2-6-17-35)45-33-40(28-29-48(45)56-51)38-20-11-19-37(30-38)39-21-13-23-42(32-39)55-46-26-9-7-24-43(46)44-25-8-10-27-47(44)55/h1-33H. The highest BCUT2D eigenvalue weighted by Crippen LogP contribution is 2.39. The first-order valence-corrected chi connectivity index (χ1v) is 18.9. The van der Waals surface area contributed by atoms with Gasteiger partial charge < -0.3 is 8.98 Å². The summed E-state index contributed by atoms with van der Waals surface area (Å²) in [4.78, 5) is 10.3. The minimum atomic E-state index is 0.663. The fraction of sp³-hybridized carbons (Fsp3) is 0. The van der Waals surface area contributed by atoms with E-state index >= 15 is 0 Å². The van der Waals surface area contributed by atoms with Gasteiger partial charge in [-0.25, -0.2) is 9.97 Å². The van der Waals surface area contributed by atoms with Crippen molar-refractivity contribution in [1.29, 1.82) is 0 Å². The quantitative estimate of drug-likeness (QED) is 0.172. The van der Waals surface area contributed by atoms with Gasteiger partial charge in [-0.15, -0.1) is 0 Å². The Labute approximate surface area is 323 Å². The van der Waals surface area contributed by atoms with Crippen molar-refractivity contribution in [3.8, 4) is 61.7 Å². The van der Waals surface area contributed by atoms with E-state index in [1.165, 1.54) is 21.8 Å². The van der Waals surface area contributed by atoms with E-state index in [2.05, 4.69) is 180 Å². The monoisotopic (exact) mass is 715 g/mol. The van der Waals surface area contributed by atoms with Crippen LogP contribution in [0.4, 0.5) is 0 Å². The van der Waals surface area contributed by atoms with Crippen LogP contribution >= 0.6 is 0 Å². The summed E-state index contributed by atoms with van der Waals surface area (Å²) >= 11 is 0. The molecule has 0 spiro atoms. The van der Waals surface area contributed by atoms with Crippen LogP contribution in [0.3, 0.4) is 0 Å². The molecule has 11 rings (SSSR count). The zero-order chi connectivity index (χ0) is 37.0. The van der Waals surface area contributed by atoms with Crippen LogP contribution in [-0.4, -0.2) is 14.5 Å². The molecule has 0 fully saturated rings. The van der Waals surface area contributed by atoms with Crippen molar-refractivity contribution in [2.45, 2.75) is 0 Å². The first kappa shape index (κ1) is 31.9. The van der Waals surface area contributed by atoms with Gasteiger partial charge in [0, 0.05) is 33.0 Å². The smallest absolute Gasteiger partial charge is 0.180 e. The second-order valence-corrected chi connectivity index (χ2v) is 14.2. The molecule has 0 amide bonds. The van der Waals surface area contributed by atoms with Crippen LogP contribution in [0.2, 0.25) is 0 Å². The first-order valence-electron chi connectivity index (χ1n) is 18.9. The van der Waals surface area contributed by atoms with Crippen molar-refractivity contribution in [2.75, 3.05) is 0 Å². The molecular weight excluding hydrogens is 683 g/mol. The highest BCUT2D eigenvalue weighted by Gasteiger charge is 2.20. The van der Waals surface area contributed by atoms with Crippen LogP contribution in [0.1, 0.15) is 0 Å². The summed E-state index contributed by atoms with van der Waals surface area (Å²) in [5, 5.41) is 3.47. The summed E-state index contributed by atoms with van der Waals surface area (Å²) in [5.41, 5.74) is 15.3. The van der Waals surface area contributed by atoms with Gasteiger partial charge in [0.2, 0.25) is 0 Å². The summed E-state index contributed by atoms with van der Waals surface area (Å²) in [6.07, 6.45) is 0. The molecule has 0 saturated heterocycles. The summed E-state index contributed by atoms with van der Waals surface area (Å²) in [7, 11) is 0. The maximum atomic E-state index is 6.64. The number of hydrogen-bond acceptors (Lipinski definition) is 3. The lowest BCUT2D eigenvalue weighted by atomic mass is 9.98. The number of para-hydroxylation sites is 2. The third-order valence-corrected chi connectivity index (χ3v) is 10.8. The van der Waals surface area contributed by atoms with Crippen molar-refractivity contribution in [3.05, 3.63) is 200 Å². The van der Waals surface area contributed by atoms with Crippen molar-refractivity contribution in [3.63, 3.8) is 0 Å². The van der Waals surface area contributed by atoms with Gasteiger partial charge in [-0.3, -0.25) is 0 Å². The average Bonchev–Trinajstić information content (AvgIpc) is 3.82. The van der Waals surface area contributed by atoms with Crippen molar-refractivity contribution in [2.24, 2.45) is 0 Å². The van der Waals surface area contributed by atoms with Crippen molar-refractivity contribution < 1.29 is 4.42 Å². The number of hydrogen-bond donors (Lipinski definition) is 0. The van der Waals surface area contributed by atoms with Crippen LogP contribution in [0.5, 0.6) is 0 Å². The Kier molecular flexibility index (Phi) is 7.46. The number of aromatic nitrogens is 3. The molecule has 262 valence electrons. The SMILES string of the molecule is c1ccc(-c2cccc(-c3nc(-c4ccccc4)nc4c3oc3ccc(-c5cccc(-c6cccc(-n7c8ccccc8c8ccccc87)c6)c5)cc34)c2)cc1. The van der Waals surface area contributed by atoms with E-state index < -0.39 is 0 Å². The largest absolute Gasteiger partial charge is 0.452 e. The van der Waals surface area contributed by atoms with Gasteiger partial charge in [0.15, 0.2) is 11.4 Å². The maximum absolute atomic E-state index is 6.64. The lowest BCUT2D eigenvalue weighted by Crippen LogP contribution is -1.94. The summed E-state index contributed by atoms with van der Waals surface area (Å²) in [6.45, 7) is 0. The molecule has 0 saturated carbocycles. The zero-order valence-electron chi connectivity index (χ0n) is 30.3. The highest BCUT2D eigenvalue weighted by atomic mass is 16.3. The van der Waals surface area contributed by atoms with Gasteiger partial charge in [0.05, 0.1) is 11.0 Å². The summed E-state index contributed by atoms with van der Waals surface area (Å²) in [6, 6.07) is 70.4. The van der Waals surface area contributed by atoms with Crippen LogP contribution < -0.4 is 0 Å². The number of furan rings is 1. The van der Waals surface area contributed by atoms with Crippen LogP contribution in [0, 0.1) is 0 Å². The molecule has 0 bridgehead atoms. The van der Waals surface area contributed by atoms with E-state index in [4.69, 9.17) is 14.4 Å². The minimum absolute atomic E-state index is 0.663. The van der Waals surface area contributed by atoms with Crippen molar-refractivity contribution in [1.82, 2.24) is 14.5 Å². The molecule has 0 aliphatic carbocycles. The van der Waals surface area contributed by atoms with Gasteiger partial charge >= 0.3 is 0 Å². The Balaban J connectivity index is 1.03. The van der Waals surface area contributed by atoms with E-state index in [0.29, 0.717) is 11.4 Å². The van der Waals surface area contributed by atoms with E-state index in [9.17, 15) is 0 Å². The van der Waals surface area contributed by atoms with E-state index in [1.807, 2.05) is 24.3 Å². The summed E-state index contributed by atoms with van der Waals surface area (Å²) in [5.74, 6) is 0.663. The molecule has 0 radical (unpaired) electrons. The van der Waals surface area contributed by atoms with Crippen molar-refractivity contribution >= 4 is 43.9 Å². The van der Waals surface area contributed by atoms with E-state index in [0.717, 1.165) is 72.4 Å². The third kappa shape index (κ3) is 5.39. The minimum Gasteiger partial charge on any atom is -0.452 e. The molecule has 3 heterocycles. The first-order chi connectivity index (χ1) is 27.7. The molecule has 3 aromatic heterocycles. The number of rotatable bonds is 6. The Morgan fingerprint density at radius 2 is 0.875 bits per heavy atom. The van der Waals surface area contributed by atoms with E-state index in [1.54, 1.807) is 0 Å². The number of fused-ring (bicyclic) bond motifs is 6. The predicted octanol–water partition coefficient (Wildman–Crippen LogP) is 13.8. The Bertz CT molecular complexity index is 3200. The van der Waals surface area contributed by atoms with Gasteiger partial charge in [0.25, 0.3) is 0 Å². The lowest BCUT2D eigenvalue weighted by Gasteiger charge is -2.11. The Morgan fingerprint density at radius 1 is 0.357 bits per heavy atom.